The van der Waals surface area contributed by atoms with Gasteiger partial charge in [-0.1, -0.05) is 23.9 Å². The van der Waals surface area contributed by atoms with E-state index < -0.39 is 5.91 Å². The smallest absolute Gasteiger partial charge is 0.251 e. The number of hydrogen-bond acceptors (Lipinski definition) is 5. The van der Waals surface area contributed by atoms with Crippen LogP contribution in [0.5, 0.6) is 0 Å². The zero-order valence-corrected chi connectivity index (χ0v) is 15.5. The number of nitrogens with two attached hydrogens (primary N) is 1. The predicted octanol–water partition coefficient (Wildman–Crippen LogP) is 3.34. The number of carbonyl (C=O) groups excluding carboxylic acids is 2. The minimum absolute atomic E-state index is 0.190. The van der Waals surface area contributed by atoms with Gasteiger partial charge in [-0.25, -0.2) is 4.98 Å². The largest absolute Gasteiger partial charge is 0.366 e. The summed E-state index contributed by atoms with van der Waals surface area (Å²) in [5.74, 6) is -0.741. The highest BCUT2D eigenvalue weighted by Crippen LogP contribution is 2.29. The average molecular weight is 374 g/mol. The molecule has 130 valence electrons. The highest BCUT2D eigenvalue weighted by Gasteiger charge is 2.21. The van der Waals surface area contributed by atoms with Crippen molar-refractivity contribution in [3.8, 4) is 0 Å². The van der Waals surface area contributed by atoms with Gasteiger partial charge in [0, 0.05) is 6.54 Å². The second kappa shape index (κ2) is 7.28. The SMILES string of the molecule is CCn1c(S[C@@H](C)C(=O)Nc2sccc2C(N)=O)nc2ccccc21. The number of nitrogens with one attached hydrogen (secondary N) is 1. The van der Waals surface area contributed by atoms with Crippen LogP contribution in [0.25, 0.3) is 11.0 Å². The van der Waals surface area contributed by atoms with Crippen LogP contribution in [0, 0.1) is 0 Å². The zero-order valence-electron chi connectivity index (χ0n) is 13.9. The number of carbonyl (C=O) groups is 2. The van der Waals surface area contributed by atoms with Crippen molar-refractivity contribution >= 4 is 50.9 Å². The number of hydrogen-bond donors (Lipinski definition) is 2. The van der Waals surface area contributed by atoms with E-state index in [1.54, 1.807) is 11.4 Å². The Bertz CT molecular complexity index is 932. The average Bonchev–Trinajstić information content (AvgIpc) is 3.18. The second-order valence-electron chi connectivity index (χ2n) is 5.40. The monoisotopic (exact) mass is 374 g/mol. The molecule has 3 aromatic rings. The molecular formula is C17H18N4O2S2. The molecule has 0 aliphatic carbocycles. The summed E-state index contributed by atoms with van der Waals surface area (Å²) in [6, 6.07) is 9.51. The van der Waals surface area contributed by atoms with Gasteiger partial charge in [-0.3, -0.25) is 9.59 Å². The fourth-order valence-electron chi connectivity index (χ4n) is 2.47. The highest BCUT2D eigenvalue weighted by molar-refractivity contribution is 8.00. The maximum Gasteiger partial charge on any atom is 0.251 e. The predicted molar refractivity (Wildman–Crippen MR) is 102 cm³/mol. The maximum atomic E-state index is 12.5. The van der Waals surface area contributed by atoms with E-state index in [2.05, 4.69) is 14.9 Å². The van der Waals surface area contributed by atoms with E-state index in [1.807, 2.05) is 38.1 Å². The van der Waals surface area contributed by atoms with Crippen LogP contribution in [-0.4, -0.2) is 26.6 Å². The van der Waals surface area contributed by atoms with E-state index in [0.717, 1.165) is 22.7 Å². The van der Waals surface area contributed by atoms with E-state index in [9.17, 15) is 9.59 Å². The fourth-order valence-corrected chi connectivity index (χ4v) is 4.26. The topological polar surface area (TPSA) is 90.0 Å². The van der Waals surface area contributed by atoms with E-state index in [0.29, 0.717) is 10.6 Å². The van der Waals surface area contributed by atoms with Crippen LogP contribution in [-0.2, 0) is 11.3 Å². The number of rotatable bonds is 6. The van der Waals surface area contributed by atoms with Crippen LogP contribution < -0.4 is 11.1 Å². The molecule has 3 rings (SSSR count). The Morgan fingerprint density at radius 2 is 2.12 bits per heavy atom. The lowest BCUT2D eigenvalue weighted by molar-refractivity contribution is -0.115. The van der Waals surface area contributed by atoms with Crippen molar-refractivity contribution in [1.29, 1.82) is 0 Å². The van der Waals surface area contributed by atoms with Crippen LogP contribution in [0.2, 0.25) is 0 Å². The molecule has 25 heavy (non-hydrogen) atoms. The summed E-state index contributed by atoms with van der Waals surface area (Å²) in [4.78, 5) is 28.5. The van der Waals surface area contributed by atoms with Gasteiger partial charge in [-0.05, 0) is 37.4 Å². The number of aromatic nitrogens is 2. The van der Waals surface area contributed by atoms with Gasteiger partial charge in [0.15, 0.2) is 5.16 Å². The molecule has 0 aliphatic heterocycles. The van der Waals surface area contributed by atoms with Crippen molar-refractivity contribution in [3.63, 3.8) is 0 Å². The first-order valence-corrected chi connectivity index (χ1v) is 9.57. The molecule has 0 saturated heterocycles. The molecule has 0 bridgehead atoms. The molecule has 0 spiro atoms. The summed E-state index contributed by atoms with van der Waals surface area (Å²) in [7, 11) is 0. The molecule has 8 heteroatoms. The number of thioether (sulfide) groups is 1. The standard InChI is InChI=1S/C17H18N4O2S2/c1-3-21-13-7-5-4-6-12(13)19-17(21)25-10(2)15(23)20-16-11(14(18)22)8-9-24-16/h4-10H,3H2,1-2H3,(H2,18,22)(H,20,23)/t10-/m0/s1. The van der Waals surface area contributed by atoms with Crippen molar-refractivity contribution in [2.45, 2.75) is 30.8 Å². The molecule has 0 saturated carbocycles. The number of para-hydroxylation sites is 2. The van der Waals surface area contributed by atoms with Gasteiger partial charge in [-0.15, -0.1) is 11.3 Å². The molecule has 0 fully saturated rings. The molecule has 2 aromatic heterocycles. The van der Waals surface area contributed by atoms with Crippen LogP contribution >= 0.6 is 23.1 Å². The minimum Gasteiger partial charge on any atom is -0.366 e. The van der Waals surface area contributed by atoms with E-state index in [1.165, 1.54) is 23.1 Å². The second-order valence-corrected chi connectivity index (χ2v) is 7.63. The van der Waals surface area contributed by atoms with Gasteiger partial charge in [0.1, 0.15) is 5.00 Å². The normalized spacial score (nSPS) is 12.2. The van der Waals surface area contributed by atoms with Gasteiger partial charge in [0.25, 0.3) is 5.91 Å². The first kappa shape index (κ1) is 17.5. The molecule has 0 radical (unpaired) electrons. The Balaban J connectivity index is 1.78. The number of thiophene rings is 1. The molecule has 0 unspecified atom stereocenters. The molecule has 0 aliphatic rings. The zero-order chi connectivity index (χ0) is 18.0. The Kier molecular flexibility index (Phi) is 5.10. The number of amides is 2. The van der Waals surface area contributed by atoms with Gasteiger partial charge in [0.2, 0.25) is 5.91 Å². The molecule has 1 aromatic carbocycles. The van der Waals surface area contributed by atoms with Crippen molar-refractivity contribution in [1.82, 2.24) is 9.55 Å². The summed E-state index contributed by atoms with van der Waals surface area (Å²) in [6.07, 6.45) is 0. The summed E-state index contributed by atoms with van der Waals surface area (Å²) in [5, 5.41) is 5.42. The first-order chi connectivity index (χ1) is 12.0. The summed E-state index contributed by atoms with van der Waals surface area (Å²) in [6.45, 7) is 4.64. The summed E-state index contributed by atoms with van der Waals surface area (Å²) < 4.78 is 2.09. The third-order valence-electron chi connectivity index (χ3n) is 3.75. The third-order valence-corrected chi connectivity index (χ3v) is 5.67. The lowest BCUT2D eigenvalue weighted by Gasteiger charge is -2.12. The van der Waals surface area contributed by atoms with E-state index >= 15 is 0 Å². The number of nitrogens with zero attached hydrogens (tertiary/aromatic N) is 2. The first-order valence-electron chi connectivity index (χ1n) is 7.81. The quantitative estimate of drug-likeness (QED) is 0.648. The Hall–Kier alpha value is -2.32. The van der Waals surface area contributed by atoms with E-state index in [-0.39, 0.29) is 11.2 Å². The van der Waals surface area contributed by atoms with Crippen LogP contribution in [0.15, 0.2) is 40.9 Å². The van der Waals surface area contributed by atoms with E-state index in [4.69, 9.17) is 5.73 Å². The number of anilines is 1. The van der Waals surface area contributed by atoms with Crippen LogP contribution in [0.3, 0.4) is 0 Å². The fraction of sp³-hybridized carbons (Fsp3) is 0.235. The Morgan fingerprint density at radius 3 is 2.84 bits per heavy atom. The number of benzene rings is 1. The number of primary amides is 1. The highest BCUT2D eigenvalue weighted by atomic mass is 32.2. The summed E-state index contributed by atoms with van der Waals surface area (Å²) in [5.41, 5.74) is 7.60. The van der Waals surface area contributed by atoms with Gasteiger partial charge in [0.05, 0.1) is 21.8 Å². The van der Waals surface area contributed by atoms with Gasteiger partial charge >= 0.3 is 0 Å². The number of aryl methyl sites for hydroxylation is 1. The van der Waals surface area contributed by atoms with Gasteiger partial charge < -0.3 is 15.6 Å². The van der Waals surface area contributed by atoms with Crippen molar-refractivity contribution in [2.75, 3.05) is 5.32 Å². The molecule has 2 amide bonds. The van der Waals surface area contributed by atoms with Crippen molar-refractivity contribution in [3.05, 3.63) is 41.3 Å². The Labute approximate surface area is 153 Å². The van der Waals surface area contributed by atoms with Gasteiger partial charge in [-0.2, -0.15) is 0 Å². The van der Waals surface area contributed by atoms with Crippen LogP contribution in [0.1, 0.15) is 24.2 Å². The summed E-state index contributed by atoms with van der Waals surface area (Å²) >= 11 is 2.67. The maximum absolute atomic E-state index is 12.5. The lowest BCUT2D eigenvalue weighted by atomic mass is 10.3. The molecule has 3 N–H and O–H groups in total. The molecule has 1 atom stereocenters. The van der Waals surface area contributed by atoms with Crippen molar-refractivity contribution in [2.24, 2.45) is 5.73 Å². The molecule has 6 nitrogen and oxygen atoms in total. The Morgan fingerprint density at radius 1 is 1.36 bits per heavy atom. The lowest BCUT2D eigenvalue weighted by Crippen LogP contribution is -2.24. The number of fused-ring (bicyclic) bond motifs is 1. The minimum atomic E-state index is -0.551. The third kappa shape index (κ3) is 3.54. The number of imidazole rings is 1. The molecular weight excluding hydrogens is 356 g/mol. The van der Waals surface area contributed by atoms with Crippen LogP contribution in [0.4, 0.5) is 5.00 Å². The van der Waals surface area contributed by atoms with Crippen molar-refractivity contribution < 1.29 is 9.59 Å². The molecule has 2 heterocycles.